The summed E-state index contributed by atoms with van der Waals surface area (Å²) in [5.41, 5.74) is 0.218. The normalized spacial score (nSPS) is 14.4. The molecule has 1 aromatic carbocycles. The Morgan fingerprint density at radius 1 is 1.03 bits per heavy atom. The molecule has 0 fully saturated rings. The van der Waals surface area contributed by atoms with Crippen molar-refractivity contribution in [2.75, 3.05) is 5.33 Å². The molecule has 0 saturated carbocycles. The zero-order valence-electron chi connectivity index (χ0n) is 20.8. The van der Waals surface area contributed by atoms with E-state index >= 15 is 0 Å². The molecule has 0 radical (unpaired) electrons. The van der Waals surface area contributed by atoms with Crippen LogP contribution in [0.1, 0.15) is 59.9 Å². The number of amides is 1. The van der Waals surface area contributed by atoms with Gasteiger partial charge in [-0.3, -0.25) is 0 Å². The van der Waals surface area contributed by atoms with E-state index in [2.05, 4.69) is 55.1 Å². The van der Waals surface area contributed by atoms with E-state index in [-0.39, 0.29) is 17.7 Å². The van der Waals surface area contributed by atoms with E-state index in [0.717, 1.165) is 5.56 Å². The molecule has 0 saturated heterocycles. The molecule has 32 heavy (non-hydrogen) atoms. The predicted octanol–water partition coefficient (Wildman–Crippen LogP) is 6.19. The summed E-state index contributed by atoms with van der Waals surface area (Å²) in [6, 6.07) is 8.58. The number of ether oxygens (including phenoxy) is 2. The average Bonchev–Trinajstić information content (AvgIpc) is 2.66. The van der Waals surface area contributed by atoms with Gasteiger partial charge in [-0.25, -0.2) is 9.59 Å². The number of alkyl halides is 1. The Labute approximate surface area is 203 Å². The molecule has 1 N–H and O–H groups in total. The summed E-state index contributed by atoms with van der Waals surface area (Å²) < 4.78 is 17.3. The lowest BCUT2D eigenvalue weighted by atomic mass is 10.1. The number of carbonyl (C=O) groups is 2. The van der Waals surface area contributed by atoms with Crippen LogP contribution in [0.4, 0.5) is 4.79 Å². The van der Waals surface area contributed by atoms with Crippen molar-refractivity contribution in [2.45, 2.75) is 96.9 Å². The lowest BCUT2D eigenvalue weighted by Crippen LogP contribution is -2.47. The Morgan fingerprint density at radius 2 is 1.62 bits per heavy atom. The van der Waals surface area contributed by atoms with Gasteiger partial charge in [0.1, 0.15) is 18.2 Å². The number of alkyl carbamates (subject to hydrolysis) is 1. The molecule has 0 aromatic heterocycles. The number of nitrogens with one attached hydrogen (secondary N) is 1. The summed E-state index contributed by atoms with van der Waals surface area (Å²) >= 11 is 3.54. The van der Waals surface area contributed by atoms with Gasteiger partial charge in [-0.15, -0.1) is 0 Å². The maximum atomic E-state index is 12.8. The third kappa shape index (κ3) is 10.5. The SMILES string of the molecule is CC(C)(C)OC(=O)[C@@H](CCC(CBr)O[Si](C)(C)C(C)(C)C)NC(=O)OCc1ccccc1. The number of rotatable bonds is 10. The van der Waals surface area contributed by atoms with Gasteiger partial charge in [0.05, 0.1) is 6.10 Å². The molecule has 6 nitrogen and oxygen atoms in total. The van der Waals surface area contributed by atoms with Gasteiger partial charge in [0.15, 0.2) is 8.32 Å². The second kappa shape index (κ2) is 12.2. The van der Waals surface area contributed by atoms with Crippen molar-refractivity contribution in [1.29, 1.82) is 0 Å². The first kappa shape index (κ1) is 28.6. The highest BCUT2D eigenvalue weighted by atomic mass is 79.9. The van der Waals surface area contributed by atoms with E-state index in [0.29, 0.717) is 18.2 Å². The van der Waals surface area contributed by atoms with Crippen LogP contribution in [0.3, 0.4) is 0 Å². The molecule has 1 amide bonds. The van der Waals surface area contributed by atoms with E-state index in [1.807, 2.05) is 30.3 Å². The minimum Gasteiger partial charge on any atom is -0.458 e. The highest BCUT2D eigenvalue weighted by Crippen LogP contribution is 2.38. The fraction of sp³-hybridized carbons (Fsp3) is 0.667. The maximum absolute atomic E-state index is 12.8. The molecule has 0 aliphatic carbocycles. The number of hydrogen-bond acceptors (Lipinski definition) is 5. The second-order valence-corrected chi connectivity index (χ2v) is 15.9. The van der Waals surface area contributed by atoms with Gasteiger partial charge in [-0.2, -0.15) is 0 Å². The maximum Gasteiger partial charge on any atom is 0.408 e. The van der Waals surface area contributed by atoms with Crippen molar-refractivity contribution in [2.24, 2.45) is 0 Å². The van der Waals surface area contributed by atoms with E-state index in [1.54, 1.807) is 20.8 Å². The molecule has 0 spiro atoms. The van der Waals surface area contributed by atoms with E-state index in [1.165, 1.54) is 0 Å². The largest absolute Gasteiger partial charge is 0.458 e. The number of hydrogen-bond donors (Lipinski definition) is 1. The molecule has 0 aliphatic rings. The van der Waals surface area contributed by atoms with Gasteiger partial charge in [0.25, 0.3) is 0 Å². The van der Waals surface area contributed by atoms with E-state index < -0.39 is 32.0 Å². The summed E-state index contributed by atoms with van der Waals surface area (Å²) in [5, 5.41) is 3.42. The third-order valence-electron chi connectivity index (χ3n) is 5.41. The standard InChI is InChI=1S/C24H40BrNO5Si/c1-23(2,3)30-21(27)20(26-22(28)29-17-18-12-10-9-11-13-18)15-14-19(16-25)31-32(7,8)24(4,5)6/h9-13,19-20H,14-17H2,1-8H3,(H,26,28)/t19?,20-/m1/s1. The quantitative estimate of drug-likeness (QED) is 0.222. The molecule has 0 bridgehead atoms. The third-order valence-corrected chi connectivity index (χ3v) is 10.7. The van der Waals surface area contributed by atoms with E-state index in [4.69, 9.17) is 13.9 Å². The molecule has 0 aliphatic heterocycles. The topological polar surface area (TPSA) is 73.9 Å². The number of benzene rings is 1. The van der Waals surface area contributed by atoms with Crippen LogP contribution in [-0.2, 0) is 25.3 Å². The summed E-state index contributed by atoms with van der Waals surface area (Å²) in [6.07, 6.45) is 0.273. The smallest absolute Gasteiger partial charge is 0.408 e. The van der Waals surface area contributed by atoms with Crippen LogP contribution in [0, 0.1) is 0 Å². The fourth-order valence-corrected chi connectivity index (χ4v) is 4.73. The zero-order chi connectivity index (χ0) is 24.6. The molecule has 2 atom stereocenters. The Morgan fingerprint density at radius 3 is 2.12 bits per heavy atom. The number of halogens is 1. The second-order valence-electron chi connectivity index (χ2n) is 10.5. The molecular weight excluding hydrogens is 490 g/mol. The molecule has 0 heterocycles. The van der Waals surface area contributed by atoms with Crippen molar-refractivity contribution in [3.8, 4) is 0 Å². The highest BCUT2D eigenvalue weighted by Gasteiger charge is 2.39. The molecule has 1 rings (SSSR count). The molecular formula is C24H40BrNO5Si. The Hall–Kier alpha value is -1.38. The molecule has 1 aromatic rings. The summed E-state index contributed by atoms with van der Waals surface area (Å²) in [4.78, 5) is 25.2. The summed E-state index contributed by atoms with van der Waals surface area (Å²) in [5.74, 6) is -0.477. The lowest BCUT2D eigenvalue weighted by molar-refractivity contribution is -0.157. The Bertz CT molecular complexity index is 728. The predicted molar refractivity (Wildman–Crippen MR) is 134 cm³/mol. The van der Waals surface area contributed by atoms with E-state index in [9.17, 15) is 9.59 Å². The molecule has 1 unspecified atom stereocenters. The minimum atomic E-state index is -1.97. The van der Waals surface area contributed by atoms with Crippen LogP contribution < -0.4 is 5.32 Å². The van der Waals surface area contributed by atoms with Gasteiger partial charge in [-0.05, 0) is 57.3 Å². The molecule has 8 heteroatoms. The van der Waals surface area contributed by atoms with Crippen LogP contribution in [-0.4, -0.2) is 43.5 Å². The first-order valence-corrected chi connectivity index (χ1v) is 15.1. The highest BCUT2D eigenvalue weighted by molar-refractivity contribution is 9.09. The minimum absolute atomic E-state index is 0.0667. The van der Waals surface area contributed by atoms with Crippen LogP contribution in [0.15, 0.2) is 30.3 Å². The van der Waals surface area contributed by atoms with Crippen LogP contribution >= 0.6 is 15.9 Å². The van der Waals surface area contributed by atoms with Gasteiger partial charge >= 0.3 is 12.1 Å². The van der Waals surface area contributed by atoms with Gasteiger partial charge in [-0.1, -0.05) is 67.0 Å². The van der Waals surface area contributed by atoms with Crippen LogP contribution in [0.2, 0.25) is 18.1 Å². The molecule has 182 valence electrons. The van der Waals surface area contributed by atoms with Crippen molar-refractivity contribution >= 4 is 36.3 Å². The summed E-state index contributed by atoms with van der Waals surface area (Å²) in [6.45, 7) is 16.5. The summed E-state index contributed by atoms with van der Waals surface area (Å²) in [7, 11) is -1.97. The van der Waals surface area contributed by atoms with Crippen LogP contribution in [0.5, 0.6) is 0 Å². The van der Waals surface area contributed by atoms with Gasteiger partial charge < -0.3 is 19.2 Å². The first-order valence-electron chi connectivity index (χ1n) is 11.1. The number of carbonyl (C=O) groups excluding carboxylic acids is 2. The van der Waals surface area contributed by atoms with Crippen molar-refractivity contribution in [3.05, 3.63) is 35.9 Å². The average molecular weight is 531 g/mol. The zero-order valence-corrected chi connectivity index (χ0v) is 23.4. The Balaban J connectivity index is 2.80. The van der Waals surface area contributed by atoms with Gasteiger partial charge in [0.2, 0.25) is 0 Å². The fourth-order valence-electron chi connectivity index (χ4n) is 2.64. The van der Waals surface area contributed by atoms with Crippen molar-refractivity contribution < 1.29 is 23.5 Å². The van der Waals surface area contributed by atoms with Gasteiger partial charge in [0, 0.05) is 5.33 Å². The monoisotopic (exact) mass is 529 g/mol. The number of esters is 1. The Kier molecular flexibility index (Phi) is 10.9. The lowest BCUT2D eigenvalue weighted by Gasteiger charge is -2.39. The van der Waals surface area contributed by atoms with Crippen LogP contribution in [0.25, 0.3) is 0 Å². The van der Waals surface area contributed by atoms with Crippen molar-refractivity contribution in [3.63, 3.8) is 0 Å². The van der Waals surface area contributed by atoms with Crippen molar-refractivity contribution in [1.82, 2.24) is 5.32 Å². The first-order chi connectivity index (χ1) is 14.6.